The Bertz CT molecular complexity index is 1390. The van der Waals surface area contributed by atoms with Crippen LogP contribution in [0.3, 0.4) is 0 Å². The number of nitrogens with zero attached hydrogens (tertiary/aromatic N) is 2. The highest BCUT2D eigenvalue weighted by atomic mass is 35.5. The number of fused-ring (bicyclic) bond motifs is 1. The summed E-state index contributed by atoms with van der Waals surface area (Å²) in [5.41, 5.74) is 2.41. The third-order valence-electron chi connectivity index (χ3n) is 6.27. The molecule has 1 aliphatic heterocycles. The van der Waals surface area contributed by atoms with Gasteiger partial charge in [0, 0.05) is 40.3 Å². The number of amides is 2. The predicted octanol–water partition coefficient (Wildman–Crippen LogP) is 6.76. The molecule has 0 N–H and O–H groups in total. The number of halogens is 2. The maximum Gasteiger partial charge on any atom is 0.329 e. The molecule has 0 radical (unpaired) electrons. The van der Waals surface area contributed by atoms with E-state index < -0.39 is 24.1 Å². The molecular formula is C31H32Cl2N2O5. The summed E-state index contributed by atoms with van der Waals surface area (Å²) in [6.07, 6.45) is -2.34. The molecule has 3 aromatic rings. The van der Waals surface area contributed by atoms with Gasteiger partial charge < -0.3 is 14.5 Å². The Morgan fingerprint density at radius 2 is 1.65 bits per heavy atom. The fourth-order valence-corrected chi connectivity index (χ4v) is 5.02. The number of ether oxygens (including phenoxy) is 1. The molecule has 2 atom stereocenters. The van der Waals surface area contributed by atoms with Crippen LogP contribution in [0.15, 0.2) is 72.8 Å². The molecule has 3 aromatic carbocycles. The zero-order chi connectivity index (χ0) is 29.0. The van der Waals surface area contributed by atoms with Crippen molar-refractivity contribution in [2.75, 3.05) is 11.4 Å². The summed E-state index contributed by atoms with van der Waals surface area (Å²) >= 11 is 13.0. The van der Waals surface area contributed by atoms with Gasteiger partial charge in [0.05, 0.1) is 13.0 Å². The summed E-state index contributed by atoms with van der Waals surface area (Å²) in [5, 5.41) is 1.90. The van der Waals surface area contributed by atoms with E-state index >= 15 is 0 Å². The summed E-state index contributed by atoms with van der Waals surface area (Å²) in [4.78, 5) is 46.5. The van der Waals surface area contributed by atoms with E-state index in [-0.39, 0.29) is 24.3 Å². The molecular weight excluding hydrogens is 551 g/mol. The molecule has 0 saturated heterocycles. The number of carbonyl (C=O) groups is 3. The SMILES string of the molecule is CC(=O)ON(Cc1ccccc1)C(=O)CC1OC(c2ccccc2Cl)c2cc(Cl)ccc2N(CC(C)(C)C)C1=O. The van der Waals surface area contributed by atoms with Gasteiger partial charge in [0.15, 0.2) is 0 Å². The number of hydroxylamine groups is 2. The second-order valence-electron chi connectivity index (χ2n) is 10.9. The highest BCUT2D eigenvalue weighted by molar-refractivity contribution is 6.31. The molecule has 40 heavy (non-hydrogen) atoms. The van der Waals surface area contributed by atoms with Crippen LogP contribution in [-0.2, 0) is 30.5 Å². The lowest BCUT2D eigenvalue weighted by molar-refractivity contribution is -0.200. The van der Waals surface area contributed by atoms with Gasteiger partial charge in [-0.1, -0.05) is 92.5 Å². The minimum Gasteiger partial charge on any atom is -0.355 e. The number of hydrogen-bond donors (Lipinski definition) is 0. The van der Waals surface area contributed by atoms with Gasteiger partial charge in [0.2, 0.25) is 0 Å². The van der Waals surface area contributed by atoms with Crippen LogP contribution in [0, 0.1) is 5.41 Å². The summed E-state index contributed by atoms with van der Waals surface area (Å²) in [5.74, 6) is -1.61. The van der Waals surface area contributed by atoms with E-state index in [0.717, 1.165) is 10.6 Å². The average Bonchev–Trinajstić information content (AvgIpc) is 2.98. The summed E-state index contributed by atoms with van der Waals surface area (Å²) in [6, 6.07) is 21.6. The van der Waals surface area contributed by atoms with Crippen molar-refractivity contribution in [1.82, 2.24) is 5.06 Å². The summed E-state index contributed by atoms with van der Waals surface area (Å²) < 4.78 is 6.47. The number of carbonyl (C=O) groups excluding carboxylic acids is 3. The minimum atomic E-state index is -1.20. The highest BCUT2D eigenvalue weighted by Gasteiger charge is 2.40. The molecule has 0 aromatic heterocycles. The summed E-state index contributed by atoms with van der Waals surface area (Å²) in [6.45, 7) is 7.68. The Morgan fingerprint density at radius 1 is 0.975 bits per heavy atom. The van der Waals surface area contributed by atoms with E-state index in [9.17, 15) is 14.4 Å². The first kappa shape index (κ1) is 29.6. The van der Waals surface area contributed by atoms with E-state index in [0.29, 0.717) is 33.4 Å². The van der Waals surface area contributed by atoms with Crippen LogP contribution >= 0.6 is 23.2 Å². The molecule has 0 saturated carbocycles. The van der Waals surface area contributed by atoms with Crippen molar-refractivity contribution in [3.05, 3.63) is 99.5 Å². The molecule has 2 unspecified atom stereocenters. The largest absolute Gasteiger partial charge is 0.355 e. The van der Waals surface area contributed by atoms with E-state index in [4.69, 9.17) is 32.8 Å². The first-order valence-corrected chi connectivity index (χ1v) is 13.7. The van der Waals surface area contributed by atoms with Crippen molar-refractivity contribution in [2.45, 2.75) is 52.9 Å². The van der Waals surface area contributed by atoms with Crippen molar-refractivity contribution in [3.8, 4) is 0 Å². The number of anilines is 1. The van der Waals surface area contributed by atoms with Gasteiger partial charge in [-0.2, -0.15) is 5.06 Å². The van der Waals surface area contributed by atoms with Gasteiger partial charge in [-0.3, -0.25) is 14.4 Å². The molecule has 0 bridgehead atoms. The Labute approximate surface area is 244 Å². The topological polar surface area (TPSA) is 76.2 Å². The standard InChI is InChI=1S/C31H32Cl2N2O5/c1-20(36)40-35(18-21-10-6-5-7-11-21)28(37)17-27-30(38)34(19-31(2,3)4)26-15-14-22(32)16-24(26)29(39-27)23-12-8-9-13-25(23)33/h5-16,27,29H,17-19H2,1-4H3. The zero-order valence-corrected chi connectivity index (χ0v) is 24.4. The van der Waals surface area contributed by atoms with Crippen molar-refractivity contribution in [1.29, 1.82) is 0 Å². The number of benzene rings is 3. The Balaban J connectivity index is 1.76. The third kappa shape index (κ3) is 7.22. The van der Waals surface area contributed by atoms with Gasteiger partial charge in [0.25, 0.3) is 11.8 Å². The van der Waals surface area contributed by atoms with Crippen LogP contribution in [0.25, 0.3) is 0 Å². The first-order chi connectivity index (χ1) is 18.9. The molecule has 7 nitrogen and oxygen atoms in total. The van der Waals surface area contributed by atoms with Crippen molar-refractivity contribution < 1.29 is 24.0 Å². The zero-order valence-electron chi connectivity index (χ0n) is 22.9. The Hall–Kier alpha value is -3.39. The average molecular weight is 584 g/mol. The second-order valence-corrected chi connectivity index (χ2v) is 11.8. The van der Waals surface area contributed by atoms with Crippen LogP contribution in [0.2, 0.25) is 10.0 Å². The highest BCUT2D eigenvalue weighted by Crippen LogP contribution is 2.42. The molecule has 1 aliphatic rings. The molecule has 210 valence electrons. The number of hydrogen-bond acceptors (Lipinski definition) is 5. The Morgan fingerprint density at radius 3 is 2.30 bits per heavy atom. The fraction of sp³-hybridized carbons (Fsp3) is 0.323. The summed E-state index contributed by atoms with van der Waals surface area (Å²) in [7, 11) is 0. The molecule has 0 spiro atoms. The van der Waals surface area contributed by atoms with Gasteiger partial charge in [-0.05, 0) is 35.2 Å². The van der Waals surface area contributed by atoms with Gasteiger partial charge in [0.1, 0.15) is 12.2 Å². The maximum atomic E-state index is 14.1. The van der Waals surface area contributed by atoms with Crippen LogP contribution in [0.4, 0.5) is 5.69 Å². The molecule has 2 amide bonds. The lowest BCUT2D eigenvalue weighted by atomic mass is 9.94. The lowest BCUT2D eigenvalue weighted by Crippen LogP contribution is -2.45. The van der Waals surface area contributed by atoms with Crippen molar-refractivity contribution >= 4 is 46.7 Å². The molecule has 9 heteroatoms. The molecule has 0 fully saturated rings. The van der Waals surface area contributed by atoms with E-state index in [1.54, 1.807) is 35.2 Å². The van der Waals surface area contributed by atoms with Crippen LogP contribution in [0.5, 0.6) is 0 Å². The lowest BCUT2D eigenvalue weighted by Gasteiger charge is -2.31. The van der Waals surface area contributed by atoms with Gasteiger partial charge in [-0.15, -0.1) is 0 Å². The monoisotopic (exact) mass is 582 g/mol. The van der Waals surface area contributed by atoms with Gasteiger partial charge >= 0.3 is 5.97 Å². The van der Waals surface area contributed by atoms with E-state index in [2.05, 4.69) is 0 Å². The van der Waals surface area contributed by atoms with Crippen LogP contribution in [0.1, 0.15) is 56.9 Å². The third-order valence-corrected chi connectivity index (χ3v) is 6.85. The number of rotatable bonds is 6. The van der Waals surface area contributed by atoms with E-state index in [1.165, 1.54) is 6.92 Å². The van der Waals surface area contributed by atoms with Gasteiger partial charge in [-0.25, -0.2) is 0 Å². The minimum absolute atomic E-state index is 0.0235. The van der Waals surface area contributed by atoms with Crippen molar-refractivity contribution in [2.24, 2.45) is 5.41 Å². The first-order valence-electron chi connectivity index (χ1n) is 13.0. The van der Waals surface area contributed by atoms with Crippen LogP contribution in [-0.4, -0.2) is 35.5 Å². The maximum absolute atomic E-state index is 14.1. The predicted molar refractivity (Wildman–Crippen MR) is 155 cm³/mol. The smallest absolute Gasteiger partial charge is 0.329 e. The van der Waals surface area contributed by atoms with E-state index in [1.807, 2.05) is 63.2 Å². The second kappa shape index (κ2) is 12.4. The quantitative estimate of drug-likeness (QED) is 0.300. The molecule has 4 rings (SSSR count). The fourth-order valence-electron chi connectivity index (χ4n) is 4.61. The normalized spacial score (nSPS) is 17.1. The molecule has 1 heterocycles. The van der Waals surface area contributed by atoms with Crippen LogP contribution < -0.4 is 4.90 Å². The van der Waals surface area contributed by atoms with Crippen molar-refractivity contribution in [3.63, 3.8) is 0 Å². The Kier molecular flexibility index (Phi) is 9.19. The molecule has 0 aliphatic carbocycles.